The van der Waals surface area contributed by atoms with Gasteiger partial charge in [0.25, 0.3) is 0 Å². The summed E-state index contributed by atoms with van der Waals surface area (Å²) in [6.45, 7) is 0. The summed E-state index contributed by atoms with van der Waals surface area (Å²) in [4.78, 5) is 11.4. The van der Waals surface area contributed by atoms with Crippen LogP contribution in [0.4, 0.5) is 5.69 Å². The van der Waals surface area contributed by atoms with Crippen molar-refractivity contribution in [2.24, 2.45) is 0 Å². The Morgan fingerprint density at radius 1 is 1.10 bits per heavy atom. The first-order valence-corrected chi connectivity index (χ1v) is 7.40. The minimum atomic E-state index is 0.0955. The fourth-order valence-corrected chi connectivity index (χ4v) is 2.89. The van der Waals surface area contributed by atoms with Crippen LogP contribution in [0.3, 0.4) is 0 Å². The Morgan fingerprint density at radius 2 is 1.81 bits per heavy atom. The Morgan fingerprint density at radius 3 is 2.52 bits per heavy atom. The van der Waals surface area contributed by atoms with Gasteiger partial charge in [0.05, 0.1) is 6.04 Å². The van der Waals surface area contributed by atoms with Crippen LogP contribution in [-0.4, -0.2) is 13.0 Å². The van der Waals surface area contributed by atoms with Crippen LogP contribution in [0.1, 0.15) is 29.2 Å². The number of rotatable bonds is 3. The smallest absolute Gasteiger partial charge is 0.224 e. The lowest BCUT2D eigenvalue weighted by atomic mass is 9.94. The van der Waals surface area contributed by atoms with Gasteiger partial charge in [0.2, 0.25) is 5.91 Å². The van der Waals surface area contributed by atoms with Crippen LogP contribution in [0, 0.1) is 0 Å². The molecule has 0 saturated heterocycles. The standard InChI is InChI=1S/C17H17ClN2O/c1-19-17(11-2-6-14(18)7-3-11)13-4-8-15-12(10-13)5-9-16(21)20-15/h2-4,6-8,10,17,19H,5,9H2,1H3,(H,20,21). The van der Waals surface area contributed by atoms with Crippen LogP contribution in [0.2, 0.25) is 5.02 Å². The third-order valence-electron chi connectivity index (χ3n) is 3.85. The quantitative estimate of drug-likeness (QED) is 0.910. The molecule has 0 bridgehead atoms. The van der Waals surface area contributed by atoms with Gasteiger partial charge < -0.3 is 10.6 Å². The van der Waals surface area contributed by atoms with E-state index in [0.29, 0.717) is 6.42 Å². The van der Waals surface area contributed by atoms with Crippen molar-refractivity contribution in [2.45, 2.75) is 18.9 Å². The largest absolute Gasteiger partial charge is 0.326 e. The summed E-state index contributed by atoms with van der Waals surface area (Å²) in [5, 5.41) is 6.99. The molecule has 21 heavy (non-hydrogen) atoms. The highest BCUT2D eigenvalue weighted by molar-refractivity contribution is 6.30. The van der Waals surface area contributed by atoms with Crippen molar-refractivity contribution in [1.29, 1.82) is 0 Å². The third kappa shape index (κ3) is 2.94. The Bertz CT molecular complexity index is 667. The van der Waals surface area contributed by atoms with Crippen molar-refractivity contribution < 1.29 is 4.79 Å². The molecule has 1 aliphatic heterocycles. The molecule has 0 radical (unpaired) electrons. The maximum absolute atomic E-state index is 11.4. The van der Waals surface area contributed by atoms with Crippen LogP contribution in [0.25, 0.3) is 0 Å². The number of hydrogen-bond donors (Lipinski definition) is 2. The molecule has 3 nitrogen and oxygen atoms in total. The lowest BCUT2D eigenvalue weighted by Gasteiger charge is -2.22. The van der Waals surface area contributed by atoms with Gasteiger partial charge in [0.1, 0.15) is 0 Å². The summed E-state index contributed by atoms with van der Waals surface area (Å²) in [6, 6.07) is 14.2. The number of hydrogen-bond acceptors (Lipinski definition) is 2. The first kappa shape index (κ1) is 14.1. The molecule has 2 aromatic carbocycles. The van der Waals surface area contributed by atoms with E-state index in [9.17, 15) is 4.79 Å². The second-order valence-electron chi connectivity index (χ2n) is 5.24. The Labute approximate surface area is 129 Å². The third-order valence-corrected chi connectivity index (χ3v) is 4.10. The predicted octanol–water partition coefficient (Wildman–Crippen LogP) is 3.53. The molecule has 2 N–H and O–H groups in total. The summed E-state index contributed by atoms with van der Waals surface area (Å²) in [5.41, 5.74) is 4.48. The van der Waals surface area contributed by atoms with Crippen LogP contribution in [0.15, 0.2) is 42.5 Å². The summed E-state index contributed by atoms with van der Waals surface area (Å²) >= 11 is 5.95. The van der Waals surface area contributed by atoms with Gasteiger partial charge in [-0.15, -0.1) is 0 Å². The minimum absolute atomic E-state index is 0.0955. The fourth-order valence-electron chi connectivity index (χ4n) is 2.76. The van der Waals surface area contributed by atoms with Gasteiger partial charge in [0.15, 0.2) is 0 Å². The highest BCUT2D eigenvalue weighted by atomic mass is 35.5. The lowest BCUT2D eigenvalue weighted by Crippen LogP contribution is -2.21. The second-order valence-corrected chi connectivity index (χ2v) is 5.67. The van der Waals surface area contributed by atoms with E-state index in [2.05, 4.69) is 22.8 Å². The van der Waals surface area contributed by atoms with Crippen LogP contribution in [-0.2, 0) is 11.2 Å². The number of benzene rings is 2. The maximum atomic E-state index is 11.4. The highest BCUT2D eigenvalue weighted by Gasteiger charge is 2.18. The van der Waals surface area contributed by atoms with E-state index in [-0.39, 0.29) is 11.9 Å². The van der Waals surface area contributed by atoms with Crippen molar-refractivity contribution in [1.82, 2.24) is 5.32 Å². The van der Waals surface area contributed by atoms with E-state index in [1.807, 2.05) is 37.4 Å². The van der Waals surface area contributed by atoms with Gasteiger partial charge in [-0.25, -0.2) is 0 Å². The number of halogens is 1. The molecule has 1 atom stereocenters. The van der Waals surface area contributed by atoms with Gasteiger partial charge >= 0.3 is 0 Å². The summed E-state index contributed by atoms with van der Waals surface area (Å²) in [5.74, 6) is 0.0955. The molecule has 0 aliphatic carbocycles. The van der Waals surface area contributed by atoms with Crippen molar-refractivity contribution in [3.8, 4) is 0 Å². The Balaban J connectivity index is 1.94. The van der Waals surface area contributed by atoms with E-state index >= 15 is 0 Å². The Hall–Kier alpha value is -1.84. The Kier molecular flexibility index (Phi) is 3.95. The molecular formula is C17H17ClN2O. The van der Waals surface area contributed by atoms with Gasteiger partial charge in [-0.1, -0.05) is 35.9 Å². The molecule has 0 fully saturated rings. The molecule has 1 heterocycles. The molecular weight excluding hydrogens is 284 g/mol. The van der Waals surface area contributed by atoms with E-state index in [4.69, 9.17) is 11.6 Å². The SMILES string of the molecule is CNC(c1ccc(Cl)cc1)c1ccc2c(c1)CCC(=O)N2. The normalized spacial score (nSPS) is 15.2. The van der Waals surface area contributed by atoms with E-state index in [1.54, 1.807) is 0 Å². The van der Waals surface area contributed by atoms with Crippen molar-refractivity contribution in [2.75, 3.05) is 12.4 Å². The summed E-state index contributed by atoms with van der Waals surface area (Å²) in [7, 11) is 1.94. The van der Waals surface area contributed by atoms with Gasteiger partial charge in [-0.05, 0) is 48.4 Å². The molecule has 1 aliphatic rings. The van der Waals surface area contributed by atoms with Crippen LogP contribution >= 0.6 is 11.6 Å². The number of carbonyl (C=O) groups is 1. The molecule has 3 rings (SSSR count). The summed E-state index contributed by atoms with van der Waals surface area (Å²) < 4.78 is 0. The number of carbonyl (C=O) groups excluding carboxylic acids is 1. The molecule has 2 aromatic rings. The lowest BCUT2D eigenvalue weighted by molar-refractivity contribution is -0.116. The number of nitrogens with one attached hydrogen (secondary N) is 2. The molecule has 1 amide bonds. The average molecular weight is 301 g/mol. The molecule has 0 aromatic heterocycles. The zero-order valence-electron chi connectivity index (χ0n) is 11.8. The molecule has 4 heteroatoms. The number of aryl methyl sites for hydroxylation is 1. The first-order valence-electron chi connectivity index (χ1n) is 7.03. The fraction of sp³-hybridized carbons (Fsp3) is 0.235. The van der Waals surface area contributed by atoms with E-state index < -0.39 is 0 Å². The number of amides is 1. The first-order chi connectivity index (χ1) is 10.2. The topological polar surface area (TPSA) is 41.1 Å². The highest BCUT2D eigenvalue weighted by Crippen LogP contribution is 2.29. The van der Waals surface area contributed by atoms with Crippen molar-refractivity contribution >= 4 is 23.2 Å². The second kappa shape index (κ2) is 5.88. The van der Waals surface area contributed by atoms with Gasteiger partial charge in [-0.3, -0.25) is 4.79 Å². The molecule has 1 unspecified atom stereocenters. The van der Waals surface area contributed by atoms with Gasteiger partial charge in [-0.2, -0.15) is 0 Å². The monoisotopic (exact) mass is 300 g/mol. The van der Waals surface area contributed by atoms with E-state index in [1.165, 1.54) is 16.7 Å². The predicted molar refractivity (Wildman–Crippen MR) is 85.7 cm³/mol. The van der Waals surface area contributed by atoms with Crippen LogP contribution < -0.4 is 10.6 Å². The molecule has 108 valence electrons. The average Bonchev–Trinajstić information content (AvgIpc) is 2.50. The molecule has 0 spiro atoms. The van der Waals surface area contributed by atoms with Crippen LogP contribution in [0.5, 0.6) is 0 Å². The maximum Gasteiger partial charge on any atom is 0.224 e. The van der Waals surface area contributed by atoms with Gasteiger partial charge in [0, 0.05) is 17.1 Å². The van der Waals surface area contributed by atoms with Crippen molar-refractivity contribution in [3.05, 3.63) is 64.2 Å². The zero-order chi connectivity index (χ0) is 14.8. The number of fused-ring (bicyclic) bond motifs is 1. The molecule has 0 saturated carbocycles. The number of anilines is 1. The van der Waals surface area contributed by atoms with Crippen molar-refractivity contribution in [3.63, 3.8) is 0 Å². The summed E-state index contributed by atoms with van der Waals surface area (Å²) in [6.07, 6.45) is 1.35. The minimum Gasteiger partial charge on any atom is -0.326 e. The van der Waals surface area contributed by atoms with E-state index in [0.717, 1.165) is 17.1 Å². The zero-order valence-corrected chi connectivity index (χ0v) is 12.6.